The normalized spacial score (nSPS) is 13.5. The van der Waals surface area contributed by atoms with Crippen LogP contribution in [0.5, 0.6) is 0 Å². The first-order valence-electron chi connectivity index (χ1n) is 9.00. The minimum Gasteiger partial charge on any atom is -0.452 e. The van der Waals surface area contributed by atoms with Crippen LogP contribution in [-0.4, -0.2) is 42.9 Å². The molecule has 28 heavy (non-hydrogen) atoms. The van der Waals surface area contributed by atoms with Crippen LogP contribution >= 0.6 is 11.6 Å². The van der Waals surface area contributed by atoms with Crippen LogP contribution in [0.2, 0.25) is 5.02 Å². The highest BCUT2D eigenvalue weighted by Crippen LogP contribution is 2.26. The number of hydrogen-bond acceptors (Lipinski definition) is 4. The molecule has 0 aliphatic carbocycles. The van der Waals surface area contributed by atoms with Crippen molar-refractivity contribution in [3.63, 3.8) is 0 Å². The van der Waals surface area contributed by atoms with Gasteiger partial charge in [-0.3, -0.25) is 9.59 Å². The van der Waals surface area contributed by atoms with Crippen molar-refractivity contribution in [1.29, 1.82) is 0 Å². The molecule has 3 rings (SSSR count). The standard InChI is InChI=1S/C21H21ClN2O4/c1-23(13-15-6-4-7-16(22)12-15)20(26)14-28-21(27)17-8-2-3-9-18(17)24-11-5-10-19(24)25/h2-4,6-9,12H,5,10-11,13-14H2,1H3. The molecule has 0 bridgehead atoms. The predicted octanol–water partition coefficient (Wildman–Crippen LogP) is 3.28. The molecular formula is C21H21ClN2O4. The number of halogens is 1. The topological polar surface area (TPSA) is 66.9 Å². The zero-order chi connectivity index (χ0) is 20.1. The minimum atomic E-state index is -0.625. The second-order valence-electron chi connectivity index (χ2n) is 6.62. The second kappa shape index (κ2) is 8.89. The van der Waals surface area contributed by atoms with Crippen molar-refractivity contribution in [3.05, 3.63) is 64.7 Å². The Hall–Kier alpha value is -2.86. The molecule has 6 nitrogen and oxygen atoms in total. The van der Waals surface area contributed by atoms with Crippen LogP contribution in [0.25, 0.3) is 0 Å². The molecule has 7 heteroatoms. The van der Waals surface area contributed by atoms with Gasteiger partial charge < -0.3 is 14.5 Å². The lowest BCUT2D eigenvalue weighted by Crippen LogP contribution is -2.31. The van der Waals surface area contributed by atoms with Gasteiger partial charge in [-0.1, -0.05) is 35.9 Å². The molecule has 2 amide bonds. The van der Waals surface area contributed by atoms with E-state index in [2.05, 4.69) is 0 Å². The van der Waals surface area contributed by atoms with Crippen LogP contribution in [0.4, 0.5) is 5.69 Å². The van der Waals surface area contributed by atoms with Crippen molar-refractivity contribution in [1.82, 2.24) is 4.90 Å². The Labute approximate surface area is 168 Å². The van der Waals surface area contributed by atoms with Crippen LogP contribution in [0.15, 0.2) is 48.5 Å². The van der Waals surface area contributed by atoms with Crippen LogP contribution in [0.1, 0.15) is 28.8 Å². The number of nitrogens with zero attached hydrogens (tertiary/aromatic N) is 2. The Kier molecular flexibility index (Phi) is 6.31. The number of benzene rings is 2. The quantitative estimate of drug-likeness (QED) is 0.698. The predicted molar refractivity (Wildman–Crippen MR) is 106 cm³/mol. The summed E-state index contributed by atoms with van der Waals surface area (Å²) >= 11 is 5.96. The number of hydrogen-bond donors (Lipinski definition) is 0. The molecule has 146 valence electrons. The molecule has 0 saturated carbocycles. The number of esters is 1. The highest BCUT2D eigenvalue weighted by atomic mass is 35.5. The average molecular weight is 401 g/mol. The smallest absolute Gasteiger partial charge is 0.340 e. The van der Waals surface area contributed by atoms with Crippen molar-refractivity contribution in [2.45, 2.75) is 19.4 Å². The molecule has 1 aliphatic rings. The van der Waals surface area contributed by atoms with Crippen LogP contribution in [0.3, 0.4) is 0 Å². The molecule has 0 aromatic heterocycles. The molecule has 1 fully saturated rings. The maximum atomic E-state index is 12.5. The van der Waals surface area contributed by atoms with E-state index in [0.29, 0.717) is 30.2 Å². The van der Waals surface area contributed by atoms with E-state index in [1.54, 1.807) is 48.3 Å². The van der Waals surface area contributed by atoms with Crippen LogP contribution in [-0.2, 0) is 20.9 Å². The zero-order valence-electron chi connectivity index (χ0n) is 15.6. The summed E-state index contributed by atoms with van der Waals surface area (Å²) in [5, 5.41) is 0.595. The van der Waals surface area contributed by atoms with Gasteiger partial charge in [-0.2, -0.15) is 0 Å². The zero-order valence-corrected chi connectivity index (χ0v) is 16.3. The van der Waals surface area contributed by atoms with E-state index in [1.807, 2.05) is 12.1 Å². The summed E-state index contributed by atoms with van der Waals surface area (Å²) in [5.74, 6) is -0.972. The Morgan fingerprint density at radius 1 is 1.18 bits per heavy atom. The lowest BCUT2D eigenvalue weighted by atomic mass is 10.1. The first-order chi connectivity index (χ1) is 13.5. The molecule has 2 aromatic rings. The highest BCUT2D eigenvalue weighted by molar-refractivity contribution is 6.30. The third-order valence-electron chi connectivity index (χ3n) is 4.55. The SMILES string of the molecule is CN(Cc1cccc(Cl)c1)C(=O)COC(=O)c1ccccc1N1CCCC1=O. The molecule has 1 heterocycles. The lowest BCUT2D eigenvalue weighted by Gasteiger charge is -2.20. The van der Waals surface area contributed by atoms with Crippen molar-refractivity contribution >= 4 is 35.1 Å². The highest BCUT2D eigenvalue weighted by Gasteiger charge is 2.26. The van der Waals surface area contributed by atoms with Gasteiger partial charge in [-0.15, -0.1) is 0 Å². The van der Waals surface area contributed by atoms with Crippen molar-refractivity contribution < 1.29 is 19.1 Å². The summed E-state index contributed by atoms with van der Waals surface area (Å²) in [6.07, 6.45) is 1.23. The Bertz CT molecular complexity index is 899. The van der Waals surface area contributed by atoms with Gasteiger partial charge >= 0.3 is 5.97 Å². The van der Waals surface area contributed by atoms with E-state index in [0.717, 1.165) is 12.0 Å². The van der Waals surface area contributed by atoms with E-state index < -0.39 is 5.97 Å². The number of rotatable bonds is 6. The van der Waals surface area contributed by atoms with E-state index in [1.165, 1.54) is 4.90 Å². The first-order valence-corrected chi connectivity index (χ1v) is 9.38. The Morgan fingerprint density at radius 3 is 2.68 bits per heavy atom. The fraction of sp³-hybridized carbons (Fsp3) is 0.286. The molecule has 0 spiro atoms. The van der Waals surface area contributed by atoms with E-state index in [4.69, 9.17) is 16.3 Å². The van der Waals surface area contributed by atoms with Gasteiger partial charge in [0.2, 0.25) is 5.91 Å². The molecular weight excluding hydrogens is 380 g/mol. The largest absolute Gasteiger partial charge is 0.452 e. The fourth-order valence-corrected chi connectivity index (χ4v) is 3.31. The van der Waals surface area contributed by atoms with Gasteiger partial charge in [0, 0.05) is 31.6 Å². The summed E-state index contributed by atoms with van der Waals surface area (Å²) in [4.78, 5) is 39.9. The van der Waals surface area contributed by atoms with Gasteiger partial charge in [0.25, 0.3) is 5.91 Å². The third-order valence-corrected chi connectivity index (χ3v) is 4.78. The molecule has 1 saturated heterocycles. The molecule has 0 radical (unpaired) electrons. The van der Waals surface area contributed by atoms with E-state index in [9.17, 15) is 14.4 Å². The average Bonchev–Trinajstić information content (AvgIpc) is 3.11. The summed E-state index contributed by atoms with van der Waals surface area (Å²) in [6, 6.07) is 14.0. The van der Waals surface area contributed by atoms with E-state index >= 15 is 0 Å². The van der Waals surface area contributed by atoms with Gasteiger partial charge in [0.05, 0.1) is 11.3 Å². The molecule has 0 unspecified atom stereocenters. The summed E-state index contributed by atoms with van der Waals surface area (Å²) in [6.45, 7) is 0.554. The summed E-state index contributed by atoms with van der Waals surface area (Å²) < 4.78 is 5.21. The summed E-state index contributed by atoms with van der Waals surface area (Å²) in [5.41, 5.74) is 1.69. The first kappa shape index (κ1) is 19.9. The van der Waals surface area contributed by atoms with Crippen molar-refractivity contribution in [2.24, 2.45) is 0 Å². The number of carbonyl (C=O) groups excluding carboxylic acids is 3. The van der Waals surface area contributed by atoms with Gasteiger partial charge in [0.1, 0.15) is 0 Å². The van der Waals surface area contributed by atoms with E-state index in [-0.39, 0.29) is 24.0 Å². The number of carbonyl (C=O) groups is 3. The van der Waals surface area contributed by atoms with Gasteiger partial charge in [-0.25, -0.2) is 4.79 Å². The van der Waals surface area contributed by atoms with Crippen molar-refractivity contribution in [2.75, 3.05) is 25.1 Å². The number of ether oxygens (including phenoxy) is 1. The lowest BCUT2D eigenvalue weighted by molar-refractivity contribution is -0.133. The third kappa shape index (κ3) is 4.70. The summed E-state index contributed by atoms with van der Waals surface area (Å²) in [7, 11) is 1.63. The monoisotopic (exact) mass is 400 g/mol. The number of para-hydroxylation sites is 1. The second-order valence-corrected chi connectivity index (χ2v) is 7.06. The van der Waals surface area contributed by atoms with Gasteiger partial charge in [-0.05, 0) is 36.2 Å². The maximum Gasteiger partial charge on any atom is 0.340 e. The van der Waals surface area contributed by atoms with Crippen LogP contribution < -0.4 is 4.90 Å². The number of amides is 2. The van der Waals surface area contributed by atoms with Gasteiger partial charge in [0.15, 0.2) is 6.61 Å². The van der Waals surface area contributed by atoms with Crippen molar-refractivity contribution in [3.8, 4) is 0 Å². The molecule has 0 atom stereocenters. The number of likely N-dealkylation sites (N-methyl/N-ethyl adjacent to an activating group) is 1. The van der Waals surface area contributed by atoms with Crippen LogP contribution in [0, 0.1) is 0 Å². The number of anilines is 1. The Morgan fingerprint density at radius 2 is 1.96 bits per heavy atom. The Balaban J connectivity index is 1.61. The maximum absolute atomic E-state index is 12.5. The fourth-order valence-electron chi connectivity index (χ4n) is 3.10. The molecule has 2 aromatic carbocycles. The molecule has 0 N–H and O–H groups in total. The molecule has 1 aliphatic heterocycles. The minimum absolute atomic E-state index is 0.0161.